The van der Waals surface area contributed by atoms with Crippen LogP contribution in [0.15, 0.2) is 72.8 Å². The lowest BCUT2D eigenvalue weighted by Gasteiger charge is -2.32. The zero-order valence-electron chi connectivity index (χ0n) is 19.0. The van der Waals surface area contributed by atoms with E-state index in [4.69, 9.17) is 9.47 Å². The van der Waals surface area contributed by atoms with Gasteiger partial charge in [0.1, 0.15) is 11.6 Å². The molecule has 0 aliphatic carbocycles. The topological polar surface area (TPSA) is 50.8 Å². The van der Waals surface area contributed by atoms with Crippen LogP contribution < -0.4 is 10.1 Å². The van der Waals surface area contributed by atoms with Crippen LogP contribution in [0.25, 0.3) is 0 Å². The summed E-state index contributed by atoms with van der Waals surface area (Å²) in [5.41, 5.74) is 4.18. The van der Waals surface area contributed by atoms with Gasteiger partial charge in [0, 0.05) is 37.7 Å². The molecule has 0 bridgehead atoms. The van der Waals surface area contributed by atoms with Crippen molar-refractivity contribution < 1.29 is 18.7 Å². The van der Waals surface area contributed by atoms with Crippen LogP contribution in [0.1, 0.15) is 29.5 Å². The predicted octanol–water partition coefficient (Wildman–Crippen LogP) is 4.98. The monoisotopic (exact) mass is 448 g/mol. The van der Waals surface area contributed by atoms with Crippen molar-refractivity contribution in [3.05, 3.63) is 95.3 Å². The van der Waals surface area contributed by atoms with Gasteiger partial charge in [0.2, 0.25) is 5.91 Å². The molecule has 6 heteroatoms. The standard InChI is InChI=1S/C27H29FN2O3/c1-19(31)29-24-11-3-20(4-12-24)15-30(16-21-5-13-25(32-2)14-6-21)27-18-33-17-26(27)22-7-9-23(28)10-8-22/h3-14,26-27H,15-18H2,1-2H3,(H,29,31)/t26-,27+/m0/s1. The Balaban J connectivity index is 1.58. The van der Waals surface area contributed by atoms with Crippen molar-refractivity contribution in [2.75, 3.05) is 25.6 Å². The van der Waals surface area contributed by atoms with Crippen LogP contribution in [-0.2, 0) is 22.6 Å². The molecular weight excluding hydrogens is 419 g/mol. The highest BCUT2D eigenvalue weighted by atomic mass is 19.1. The highest BCUT2D eigenvalue weighted by molar-refractivity contribution is 5.88. The molecule has 0 radical (unpaired) electrons. The van der Waals surface area contributed by atoms with E-state index in [2.05, 4.69) is 22.3 Å². The molecule has 172 valence electrons. The second kappa shape index (κ2) is 10.6. The van der Waals surface area contributed by atoms with Crippen molar-refractivity contribution in [2.45, 2.75) is 32.0 Å². The van der Waals surface area contributed by atoms with Gasteiger partial charge in [-0.05, 0) is 53.1 Å². The summed E-state index contributed by atoms with van der Waals surface area (Å²) in [4.78, 5) is 13.7. The first-order valence-electron chi connectivity index (χ1n) is 11.1. The van der Waals surface area contributed by atoms with Crippen LogP contribution in [0, 0.1) is 5.82 Å². The number of carbonyl (C=O) groups excluding carboxylic acids is 1. The molecule has 33 heavy (non-hydrogen) atoms. The molecular formula is C27H29FN2O3. The Hall–Kier alpha value is -3.22. The summed E-state index contributed by atoms with van der Waals surface area (Å²) in [6.45, 7) is 4.18. The van der Waals surface area contributed by atoms with Crippen molar-refractivity contribution in [2.24, 2.45) is 0 Å². The number of carbonyl (C=O) groups is 1. The van der Waals surface area contributed by atoms with Gasteiger partial charge in [-0.3, -0.25) is 9.69 Å². The highest BCUT2D eigenvalue weighted by Crippen LogP contribution is 2.32. The van der Waals surface area contributed by atoms with E-state index in [0.717, 1.165) is 35.7 Å². The molecule has 0 saturated carbocycles. The van der Waals surface area contributed by atoms with Crippen molar-refractivity contribution in [3.8, 4) is 5.75 Å². The number of amides is 1. The summed E-state index contributed by atoms with van der Waals surface area (Å²) in [5.74, 6) is 0.660. The van der Waals surface area contributed by atoms with Crippen LogP contribution >= 0.6 is 0 Å². The number of hydrogen-bond acceptors (Lipinski definition) is 4. The van der Waals surface area contributed by atoms with Gasteiger partial charge in [0.25, 0.3) is 0 Å². The van der Waals surface area contributed by atoms with E-state index in [1.54, 1.807) is 7.11 Å². The Morgan fingerprint density at radius 1 is 0.970 bits per heavy atom. The lowest BCUT2D eigenvalue weighted by atomic mass is 9.92. The molecule has 5 nitrogen and oxygen atoms in total. The maximum Gasteiger partial charge on any atom is 0.221 e. The minimum absolute atomic E-state index is 0.0888. The Morgan fingerprint density at radius 2 is 1.58 bits per heavy atom. The normalized spacial score (nSPS) is 17.8. The fourth-order valence-electron chi connectivity index (χ4n) is 4.32. The second-order valence-electron chi connectivity index (χ2n) is 8.39. The molecule has 1 amide bonds. The number of hydrogen-bond donors (Lipinski definition) is 1. The van der Waals surface area contributed by atoms with Gasteiger partial charge in [0.15, 0.2) is 0 Å². The molecule has 0 unspecified atom stereocenters. The van der Waals surface area contributed by atoms with Crippen LogP contribution in [0.2, 0.25) is 0 Å². The Bertz CT molecular complexity index is 1050. The van der Waals surface area contributed by atoms with Crippen LogP contribution in [0.3, 0.4) is 0 Å². The summed E-state index contributed by atoms with van der Waals surface area (Å²) in [5, 5.41) is 2.81. The summed E-state index contributed by atoms with van der Waals surface area (Å²) in [6.07, 6.45) is 0. The Morgan fingerprint density at radius 3 is 2.15 bits per heavy atom. The highest BCUT2D eigenvalue weighted by Gasteiger charge is 2.34. The van der Waals surface area contributed by atoms with Crippen molar-refractivity contribution in [3.63, 3.8) is 0 Å². The molecule has 1 aliphatic rings. The number of methoxy groups -OCH3 is 1. The first-order valence-corrected chi connectivity index (χ1v) is 11.1. The lowest BCUT2D eigenvalue weighted by Crippen LogP contribution is -2.38. The zero-order chi connectivity index (χ0) is 23.2. The molecule has 1 fully saturated rings. The lowest BCUT2D eigenvalue weighted by molar-refractivity contribution is -0.114. The third kappa shape index (κ3) is 5.97. The predicted molar refractivity (Wildman–Crippen MR) is 127 cm³/mol. The number of benzene rings is 3. The third-order valence-corrected chi connectivity index (χ3v) is 6.02. The van der Waals surface area contributed by atoms with Gasteiger partial charge in [-0.15, -0.1) is 0 Å². The molecule has 1 heterocycles. The van der Waals surface area contributed by atoms with Gasteiger partial charge in [-0.2, -0.15) is 0 Å². The van der Waals surface area contributed by atoms with Crippen molar-refractivity contribution in [1.82, 2.24) is 4.90 Å². The molecule has 2 atom stereocenters. The summed E-state index contributed by atoms with van der Waals surface area (Å²) in [6, 6.07) is 22.9. The van der Waals surface area contributed by atoms with E-state index < -0.39 is 0 Å². The van der Waals surface area contributed by atoms with E-state index in [1.807, 2.05) is 48.5 Å². The van der Waals surface area contributed by atoms with E-state index in [1.165, 1.54) is 24.6 Å². The van der Waals surface area contributed by atoms with E-state index >= 15 is 0 Å². The maximum absolute atomic E-state index is 13.5. The zero-order valence-corrected chi connectivity index (χ0v) is 19.0. The first kappa shape index (κ1) is 23.0. The largest absolute Gasteiger partial charge is 0.497 e. The van der Waals surface area contributed by atoms with Crippen molar-refractivity contribution in [1.29, 1.82) is 0 Å². The fraction of sp³-hybridized carbons (Fsp3) is 0.296. The average Bonchev–Trinajstić information content (AvgIpc) is 3.30. The second-order valence-corrected chi connectivity index (χ2v) is 8.39. The molecule has 4 rings (SSSR count). The Labute approximate surface area is 194 Å². The quantitative estimate of drug-likeness (QED) is 0.528. The van der Waals surface area contributed by atoms with E-state index in [9.17, 15) is 9.18 Å². The number of halogens is 1. The number of ether oxygens (including phenoxy) is 2. The first-order chi connectivity index (χ1) is 16.0. The van der Waals surface area contributed by atoms with Crippen LogP contribution in [0.4, 0.5) is 10.1 Å². The van der Waals surface area contributed by atoms with Gasteiger partial charge >= 0.3 is 0 Å². The van der Waals surface area contributed by atoms with E-state index in [0.29, 0.717) is 13.2 Å². The van der Waals surface area contributed by atoms with Gasteiger partial charge in [-0.25, -0.2) is 4.39 Å². The number of nitrogens with one attached hydrogen (secondary N) is 1. The minimum Gasteiger partial charge on any atom is -0.497 e. The molecule has 1 aliphatic heterocycles. The van der Waals surface area contributed by atoms with Gasteiger partial charge in [0.05, 0.1) is 20.3 Å². The molecule has 3 aromatic rings. The average molecular weight is 449 g/mol. The van der Waals surface area contributed by atoms with E-state index in [-0.39, 0.29) is 23.7 Å². The molecule has 0 spiro atoms. The molecule has 3 aromatic carbocycles. The smallest absolute Gasteiger partial charge is 0.221 e. The molecule has 1 saturated heterocycles. The minimum atomic E-state index is -0.233. The Kier molecular flexibility index (Phi) is 7.37. The molecule has 1 N–H and O–H groups in total. The SMILES string of the molecule is COc1ccc(CN(Cc2ccc(NC(C)=O)cc2)[C@@H]2COC[C@H]2c2ccc(F)cc2)cc1. The summed E-state index contributed by atoms with van der Waals surface area (Å²) in [7, 11) is 1.66. The number of nitrogens with zero attached hydrogens (tertiary/aromatic N) is 1. The van der Waals surface area contributed by atoms with Crippen LogP contribution in [-0.4, -0.2) is 37.2 Å². The van der Waals surface area contributed by atoms with Crippen LogP contribution in [0.5, 0.6) is 5.75 Å². The van der Waals surface area contributed by atoms with Gasteiger partial charge in [-0.1, -0.05) is 36.4 Å². The summed E-state index contributed by atoms with van der Waals surface area (Å²) >= 11 is 0. The van der Waals surface area contributed by atoms with Gasteiger partial charge < -0.3 is 14.8 Å². The third-order valence-electron chi connectivity index (χ3n) is 6.02. The van der Waals surface area contributed by atoms with Crippen molar-refractivity contribution >= 4 is 11.6 Å². The number of anilines is 1. The molecule has 0 aromatic heterocycles. The summed E-state index contributed by atoms with van der Waals surface area (Å²) < 4.78 is 24.7. The maximum atomic E-state index is 13.5. The fourth-order valence-corrected chi connectivity index (χ4v) is 4.32. The number of rotatable bonds is 8.